The van der Waals surface area contributed by atoms with Crippen LogP contribution in [-0.2, 0) is 9.47 Å². The van der Waals surface area contributed by atoms with Crippen molar-refractivity contribution in [1.82, 2.24) is 0 Å². The number of ether oxygens (including phenoxy) is 2. The van der Waals surface area contributed by atoms with E-state index >= 15 is 0 Å². The Morgan fingerprint density at radius 3 is 2.18 bits per heavy atom. The number of hydrogen-bond donors (Lipinski definition) is 0. The molecule has 0 spiro atoms. The van der Waals surface area contributed by atoms with E-state index in [-0.39, 0.29) is 11.1 Å². The average molecular weight is 453 g/mol. The highest BCUT2D eigenvalue weighted by Crippen LogP contribution is 2.32. The van der Waals surface area contributed by atoms with Gasteiger partial charge in [0.1, 0.15) is 5.82 Å². The summed E-state index contributed by atoms with van der Waals surface area (Å²) in [6, 6.07) is 15.0. The second-order valence-corrected chi connectivity index (χ2v) is 8.38. The predicted molar refractivity (Wildman–Crippen MR) is 124 cm³/mol. The zero-order valence-electron chi connectivity index (χ0n) is 18.8. The minimum atomic E-state index is -0.866. The number of allylic oxidation sites excluding steroid dienone is 2. The van der Waals surface area contributed by atoms with Gasteiger partial charge in [-0.2, -0.15) is 0 Å². The Labute approximate surface area is 192 Å². The van der Waals surface area contributed by atoms with Crippen LogP contribution in [0.25, 0.3) is 22.3 Å². The Bertz CT molecular complexity index is 1130. The standard InChI is InChI=1S/C28H27F3O2/c1-3-4-5-6-19-16-32-28(33-17-19)24-14-12-22(15-25(24)29)20-8-10-21(11-9-20)23-13-7-18(2)26(30)27(23)31/h3-4,7-15,19,28H,5-6,16-17H2,1-2H3/b4-3+. The molecule has 3 aromatic rings. The molecule has 172 valence electrons. The van der Waals surface area contributed by atoms with Crippen LogP contribution in [-0.4, -0.2) is 13.2 Å². The van der Waals surface area contributed by atoms with Crippen molar-refractivity contribution in [2.24, 2.45) is 5.92 Å². The largest absolute Gasteiger partial charge is 0.348 e. The molecule has 0 amide bonds. The molecule has 0 unspecified atom stereocenters. The van der Waals surface area contributed by atoms with Crippen molar-refractivity contribution >= 4 is 0 Å². The summed E-state index contributed by atoms with van der Waals surface area (Å²) in [5, 5.41) is 0. The lowest BCUT2D eigenvalue weighted by molar-refractivity contribution is -0.207. The zero-order valence-corrected chi connectivity index (χ0v) is 18.8. The lowest BCUT2D eigenvalue weighted by Gasteiger charge is -2.29. The molecule has 0 saturated carbocycles. The summed E-state index contributed by atoms with van der Waals surface area (Å²) in [7, 11) is 0. The number of aryl methyl sites for hydroxylation is 1. The first-order valence-electron chi connectivity index (χ1n) is 11.2. The molecule has 33 heavy (non-hydrogen) atoms. The summed E-state index contributed by atoms with van der Waals surface area (Å²) in [5.74, 6) is -1.80. The minimum Gasteiger partial charge on any atom is -0.348 e. The highest BCUT2D eigenvalue weighted by atomic mass is 19.2. The fourth-order valence-corrected chi connectivity index (χ4v) is 4.00. The molecule has 1 fully saturated rings. The lowest BCUT2D eigenvalue weighted by atomic mass is 9.98. The number of benzene rings is 3. The molecule has 0 aromatic heterocycles. The van der Waals surface area contributed by atoms with Gasteiger partial charge < -0.3 is 9.47 Å². The third-order valence-corrected chi connectivity index (χ3v) is 6.00. The SMILES string of the molecule is C/C=C/CCC1COC(c2ccc(-c3ccc(-c4ccc(C)c(F)c4F)cc3)cc2F)OC1. The smallest absolute Gasteiger partial charge is 0.186 e. The molecule has 4 rings (SSSR count). The number of rotatable bonds is 6. The van der Waals surface area contributed by atoms with Crippen LogP contribution in [0.3, 0.4) is 0 Å². The quantitative estimate of drug-likeness (QED) is 0.356. The molecule has 0 aliphatic carbocycles. The zero-order chi connectivity index (χ0) is 23.4. The minimum absolute atomic E-state index is 0.196. The first-order valence-corrected chi connectivity index (χ1v) is 11.2. The van der Waals surface area contributed by atoms with E-state index in [1.165, 1.54) is 13.0 Å². The van der Waals surface area contributed by atoms with Gasteiger partial charge in [-0.3, -0.25) is 0 Å². The van der Waals surface area contributed by atoms with Crippen LogP contribution >= 0.6 is 0 Å². The van der Waals surface area contributed by atoms with Crippen molar-refractivity contribution in [3.05, 3.63) is 95.3 Å². The van der Waals surface area contributed by atoms with Gasteiger partial charge >= 0.3 is 0 Å². The van der Waals surface area contributed by atoms with E-state index in [1.807, 2.05) is 19.1 Å². The molecule has 0 N–H and O–H groups in total. The summed E-state index contributed by atoms with van der Waals surface area (Å²) in [5.41, 5.74) is 2.84. The maximum atomic E-state index is 14.9. The van der Waals surface area contributed by atoms with Crippen molar-refractivity contribution in [3.63, 3.8) is 0 Å². The Hall–Kier alpha value is -2.89. The molecule has 0 bridgehead atoms. The summed E-state index contributed by atoms with van der Waals surface area (Å²) in [4.78, 5) is 0. The molecule has 0 radical (unpaired) electrons. The van der Waals surface area contributed by atoms with Gasteiger partial charge in [0.05, 0.1) is 13.2 Å². The van der Waals surface area contributed by atoms with E-state index in [0.29, 0.717) is 35.8 Å². The van der Waals surface area contributed by atoms with Crippen LogP contribution in [0.4, 0.5) is 13.2 Å². The molecule has 3 aromatic carbocycles. The van der Waals surface area contributed by atoms with Crippen molar-refractivity contribution in [2.45, 2.75) is 33.0 Å². The maximum absolute atomic E-state index is 14.9. The second kappa shape index (κ2) is 10.4. The van der Waals surface area contributed by atoms with Crippen LogP contribution in [0.2, 0.25) is 0 Å². The molecular formula is C28H27F3O2. The molecule has 1 heterocycles. The molecule has 1 aliphatic heterocycles. The molecule has 1 aliphatic rings. The third-order valence-electron chi connectivity index (χ3n) is 6.00. The van der Waals surface area contributed by atoms with Gasteiger partial charge in [-0.1, -0.05) is 60.7 Å². The van der Waals surface area contributed by atoms with Gasteiger partial charge in [-0.25, -0.2) is 13.2 Å². The first-order chi connectivity index (χ1) is 16.0. The topological polar surface area (TPSA) is 18.5 Å². The third kappa shape index (κ3) is 5.21. The molecule has 0 atom stereocenters. The van der Waals surface area contributed by atoms with Gasteiger partial charge in [-0.05, 0) is 55.0 Å². The molecule has 1 saturated heterocycles. The van der Waals surface area contributed by atoms with Crippen LogP contribution in [0.15, 0.2) is 66.7 Å². The van der Waals surface area contributed by atoms with Gasteiger partial charge in [0, 0.05) is 17.0 Å². The molecule has 2 nitrogen and oxygen atoms in total. The highest BCUT2D eigenvalue weighted by Gasteiger charge is 2.25. The molecule has 5 heteroatoms. The van der Waals surface area contributed by atoms with Crippen molar-refractivity contribution in [3.8, 4) is 22.3 Å². The van der Waals surface area contributed by atoms with E-state index in [0.717, 1.165) is 18.4 Å². The van der Waals surface area contributed by atoms with Crippen molar-refractivity contribution in [2.75, 3.05) is 13.2 Å². The Morgan fingerprint density at radius 2 is 1.52 bits per heavy atom. The summed E-state index contributed by atoms with van der Waals surface area (Å²) < 4.78 is 54.6. The molecular weight excluding hydrogens is 425 g/mol. The highest BCUT2D eigenvalue weighted by molar-refractivity contribution is 5.71. The van der Waals surface area contributed by atoms with E-state index < -0.39 is 23.7 Å². The normalized spacial score (nSPS) is 18.7. The van der Waals surface area contributed by atoms with Gasteiger partial charge in [0.25, 0.3) is 0 Å². The van der Waals surface area contributed by atoms with Crippen LogP contribution in [0, 0.1) is 30.3 Å². The average Bonchev–Trinajstić information content (AvgIpc) is 2.83. The van der Waals surface area contributed by atoms with Crippen LogP contribution in [0.5, 0.6) is 0 Å². The summed E-state index contributed by atoms with van der Waals surface area (Å²) >= 11 is 0. The fraction of sp³-hybridized carbons (Fsp3) is 0.286. The summed E-state index contributed by atoms with van der Waals surface area (Å²) in [6.45, 7) is 4.61. The van der Waals surface area contributed by atoms with Gasteiger partial charge in [0.2, 0.25) is 0 Å². The summed E-state index contributed by atoms with van der Waals surface area (Å²) in [6.07, 6.45) is 5.39. The van der Waals surface area contributed by atoms with Crippen molar-refractivity contribution in [1.29, 1.82) is 0 Å². The van der Waals surface area contributed by atoms with Crippen molar-refractivity contribution < 1.29 is 22.6 Å². The van der Waals surface area contributed by atoms with Crippen LogP contribution < -0.4 is 0 Å². The van der Waals surface area contributed by atoms with Gasteiger partial charge in [-0.15, -0.1) is 0 Å². The predicted octanol–water partition coefficient (Wildman–Crippen LogP) is 7.76. The number of hydrogen-bond acceptors (Lipinski definition) is 2. The Balaban J connectivity index is 1.46. The monoisotopic (exact) mass is 452 g/mol. The lowest BCUT2D eigenvalue weighted by Crippen LogP contribution is -2.27. The van der Waals surface area contributed by atoms with E-state index in [4.69, 9.17) is 9.47 Å². The first kappa shape index (κ1) is 23.3. The maximum Gasteiger partial charge on any atom is 0.186 e. The Kier molecular flexibility index (Phi) is 7.31. The van der Waals surface area contributed by atoms with E-state index in [9.17, 15) is 13.2 Å². The number of halogens is 3. The van der Waals surface area contributed by atoms with E-state index in [2.05, 4.69) is 6.08 Å². The van der Waals surface area contributed by atoms with Crippen LogP contribution in [0.1, 0.15) is 37.2 Å². The Morgan fingerprint density at radius 1 is 0.848 bits per heavy atom. The van der Waals surface area contributed by atoms with Gasteiger partial charge in [0.15, 0.2) is 17.9 Å². The fourth-order valence-electron chi connectivity index (χ4n) is 4.00. The second-order valence-electron chi connectivity index (χ2n) is 8.38. The van der Waals surface area contributed by atoms with E-state index in [1.54, 1.807) is 42.5 Å².